The monoisotopic (exact) mass is 742 g/mol. The summed E-state index contributed by atoms with van der Waals surface area (Å²) in [7, 11) is 4.35. The molecule has 1 saturated heterocycles. The molecule has 0 aromatic carbocycles. The Morgan fingerprint density at radius 3 is 1.42 bits per heavy atom. The van der Waals surface area contributed by atoms with E-state index in [9.17, 15) is 0 Å². The molecule has 0 aliphatic carbocycles. The number of nitrogens with zero attached hydrogens (tertiary/aromatic N) is 3. The Morgan fingerprint density at radius 1 is 0.491 bits per heavy atom. The van der Waals surface area contributed by atoms with Gasteiger partial charge in [-0.05, 0) is 111 Å². The van der Waals surface area contributed by atoms with Crippen LogP contribution in [0.2, 0.25) is 0 Å². The highest BCUT2D eigenvalue weighted by Gasteiger charge is 2.20. The van der Waals surface area contributed by atoms with Gasteiger partial charge in [-0.15, -0.1) is 0 Å². The van der Waals surface area contributed by atoms with Gasteiger partial charge in [0, 0.05) is 45.9 Å². The van der Waals surface area contributed by atoms with E-state index < -0.39 is 0 Å². The quantitative estimate of drug-likeness (QED) is 0.0462. The van der Waals surface area contributed by atoms with Gasteiger partial charge in [0.25, 0.3) is 0 Å². The van der Waals surface area contributed by atoms with Crippen molar-refractivity contribution in [1.82, 2.24) is 14.7 Å². The summed E-state index contributed by atoms with van der Waals surface area (Å²) in [5.41, 5.74) is 0. The molecule has 1 fully saturated rings. The predicted octanol–water partition coefficient (Wildman–Crippen LogP) is 12.6. The lowest BCUT2D eigenvalue weighted by Gasteiger charge is -2.36. The van der Waals surface area contributed by atoms with E-state index in [4.69, 9.17) is 9.47 Å². The zero-order chi connectivity index (χ0) is 38.1. The highest BCUT2D eigenvalue weighted by molar-refractivity contribution is 4.93. The second-order valence-electron chi connectivity index (χ2n) is 16.0. The largest absolute Gasteiger partial charge is 0.379 e. The zero-order valence-corrected chi connectivity index (χ0v) is 36.1. The normalized spacial score (nSPS) is 15.5. The number of unbranched alkanes of at least 4 members (excludes halogenated alkanes) is 18. The maximum atomic E-state index is 6.51. The molecule has 1 aliphatic rings. The number of hydrogen-bond donors (Lipinski definition) is 0. The Morgan fingerprint density at radius 2 is 0.925 bits per heavy atom. The van der Waals surface area contributed by atoms with Crippen molar-refractivity contribution in [3.05, 3.63) is 48.6 Å². The third-order valence-electron chi connectivity index (χ3n) is 10.5. The fourth-order valence-corrected chi connectivity index (χ4v) is 6.99. The minimum Gasteiger partial charge on any atom is -0.379 e. The van der Waals surface area contributed by atoms with Crippen molar-refractivity contribution < 1.29 is 9.47 Å². The third-order valence-corrected chi connectivity index (χ3v) is 10.5. The molecule has 1 unspecified atom stereocenters. The molecule has 0 saturated carbocycles. The first-order chi connectivity index (χ1) is 26.2. The Balaban J connectivity index is 2.18. The zero-order valence-electron chi connectivity index (χ0n) is 36.1. The lowest BCUT2D eigenvalue weighted by Crippen LogP contribution is -2.49. The van der Waals surface area contributed by atoms with Crippen LogP contribution >= 0.6 is 0 Å². The van der Waals surface area contributed by atoms with Gasteiger partial charge in [-0.25, -0.2) is 0 Å². The maximum Gasteiger partial charge on any atom is 0.0934 e. The number of ether oxygens (including phenoxy) is 2. The molecular weight excluding hydrogens is 651 g/mol. The van der Waals surface area contributed by atoms with Crippen molar-refractivity contribution in [1.29, 1.82) is 0 Å². The van der Waals surface area contributed by atoms with Crippen LogP contribution in [0.15, 0.2) is 48.6 Å². The van der Waals surface area contributed by atoms with E-state index in [0.717, 1.165) is 52.3 Å². The first-order valence-corrected chi connectivity index (χ1v) is 23.0. The summed E-state index contributed by atoms with van der Waals surface area (Å²) in [5, 5.41) is 0. The van der Waals surface area contributed by atoms with Crippen LogP contribution in [-0.2, 0) is 9.47 Å². The summed E-state index contributed by atoms with van der Waals surface area (Å²) in [6.07, 6.45) is 51.1. The van der Waals surface area contributed by atoms with E-state index in [2.05, 4.69) is 91.3 Å². The molecule has 0 aromatic rings. The van der Waals surface area contributed by atoms with Crippen molar-refractivity contribution >= 4 is 0 Å². The van der Waals surface area contributed by atoms with Crippen LogP contribution < -0.4 is 0 Å². The molecule has 0 amide bonds. The van der Waals surface area contributed by atoms with Crippen molar-refractivity contribution in [2.45, 2.75) is 180 Å². The first kappa shape index (κ1) is 49.8. The smallest absolute Gasteiger partial charge is 0.0934 e. The third kappa shape index (κ3) is 36.2. The fourth-order valence-electron chi connectivity index (χ4n) is 6.99. The van der Waals surface area contributed by atoms with E-state index in [0.29, 0.717) is 0 Å². The van der Waals surface area contributed by atoms with Gasteiger partial charge in [-0.1, -0.05) is 140 Å². The summed E-state index contributed by atoms with van der Waals surface area (Å²) < 4.78 is 12.8. The summed E-state index contributed by atoms with van der Waals surface area (Å²) >= 11 is 0. The van der Waals surface area contributed by atoms with Crippen LogP contribution in [0, 0.1) is 0 Å². The molecule has 1 aliphatic heterocycles. The predicted molar refractivity (Wildman–Crippen MR) is 235 cm³/mol. The molecule has 53 heavy (non-hydrogen) atoms. The number of rotatable bonds is 39. The number of allylic oxidation sites excluding steroid dienone is 8. The van der Waals surface area contributed by atoms with E-state index in [1.165, 1.54) is 174 Å². The van der Waals surface area contributed by atoms with Gasteiger partial charge >= 0.3 is 0 Å². The fraction of sp³-hybridized carbons (Fsp3) is 0.833. The van der Waals surface area contributed by atoms with Crippen LogP contribution in [0.4, 0.5) is 0 Å². The molecule has 0 bridgehead atoms. The lowest BCUT2D eigenvalue weighted by atomic mass is 10.1. The van der Waals surface area contributed by atoms with Crippen LogP contribution in [0.5, 0.6) is 0 Å². The highest BCUT2D eigenvalue weighted by Crippen LogP contribution is 2.12. The van der Waals surface area contributed by atoms with E-state index >= 15 is 0 Å². The second kappa shape index (κ2) is 40.4. The minimum atomic E-state index is 0.192. The molecular formula is C48H91N3O2. The number of hydrogen-bond acceptors (Lipinski definition) is 5. The molecule has 5 nitrogen and oxygen atoms in total. The minimum absolute atomic E-state index is 0.192. The van der Waals surface area contributed by atoms with Crippen LogP contribution in [0.3, 0.4) is 0 Å². The van der Waals surface area contributed by atoms with Gasteiger partial charge in [-0.3, -0.25) is 4.90 Å². The Kier molecular flexibility index (Phi) is 38.0. The lowest BCUT2D eigenvalue weighted by molar-refractivity contribution is -0.0397. The van der Waals surface area contributed by atoms with Crippen molar-refractivity contribution in [3.8, 4) is 0 Å². The van der Waals surface area contributed by atoms with E-state index in [-0.39, 0.29) is 6.10 Å². The van der Waals surface area contributed by atoms with E-state index in [1.807, 2.05) is 0 Å². The molecule has 1 rings (SSSR count). The molecule has 1 heterocycles. The summed E-state index contributed by atoms with van der Waals surface area (Å²) in [4.78, 5) is 7.56. The van der Waals surface area contributed by atoms with Gasteiger partial charge in [0.15, 0.2) is 0 Å². The van der Waals surface area contributed by atoms with Crippen LogP contribution in [0.25, 0.3) is 0 Å². The molecule has 1 atom stereocenters. The molecule has 0 radical (unpaired) electrons. The maximum absolute atomic E-state index is 6.51. The Labute approximate surface area is 332 Å². The van der Waals surface area contributed by atoms with Crippen LogP contribution in [-0.4, -0.2) is 101 Å². The van der Waals surface area contributed by atoms with Crippen molar-refractivity contribution in [3.63, 3.8) is 0 Å². The molecule has 0 spiro atoms. The van der Waals surface area contributed by atoms with Gasteiger partial charge in [0.1, 0.15) is 0 Å². The average molecular weight is 742 g/mol. The van der Waals surface area contributed by atoms with Gasteiger partial charge in [0.05, 0.1) is 12.7 Å². The van der Waals surface area contributed by atoms with Crippen LogP contribution in [0.1, 0.15) is 174 Å². The van der Waals surface area contributed by atoms with E-state index in [1.54, 1.807) is 0 Å². The standard InChI is InChI=1S/C48H91N3O2/c1-5-7-9-11-13-15-17-19-21-23-25-27-29-31-33-35-44-52-47-48(46-51-42-40-50(41-43-51)39-37-38-49(3)4)53-45-36-34-32-30-28-26-24-22-20-18-16-14-12-10-8-6-2/h13-16,19-22,48H,5-12,17-18,23-47H2,1-4H3/b15-13-,16-14-,21-19-,22-20-. The second-order valence-corrected chi connectivity index (χ2v) is 16.0. The molecule has 0 N–H and O–H groups in total. The SMILES string of the molecule is CCCCC/C=C\C/C=C\CCCCCCCCOCC(CN1CCN(CCCN(C)C)CC1)OCCCCCCCC/C=C\C/C=C\CCCCC. The van der Waals surface area contributed by atoms with Crippen molar-refractivity contribution in [2.24, 2.45) is 0 Å². The number of piperazine rings is 1. The molecule has 310 valence electrons. The topological polar surface area (TPSA) is 28.2 Å². The first-order valence-electron chi connectivity index (χ1n) is 23.0. The Hall–Kier alpha value is -1.24. The summed E-state index contributed by atoms with van der Waals surface area (Å²) in [5.74, 6) is 0. The summed E-state index contributed by atoms with van der Waals surface area (Å²) in [6, 6.07) is 0. The van der Waals surface area contributed by atoms with Gasteiger partial charge < -0.3 is 19.3 Å². The Bertz CT molecular complexity index is 846. The van der Waals surface area contributed by atoms with Gasteiger partial charge in [0.2, 0.25) is 0 Å². The molecule has 5 heteroatoms. The van der Waals surface area contributed by atoms with Crippen molar-refractivity contribution in [2.75, 3.05) is 79.7 Å². The molecule has 0 aromatic heterocycles. The average Bonchev–Trinajstić information content (AvgIpc) is 3.16. The summed E-state index contributed by atoms with van der Waals surface area (Å²) in [6.45, 7) is 15.1. The van der Waals surface area contributed by atoms with Gasteiger partial charge in [-0.2, -0.15) is 0 Å². The highest BCUT2D eigenvalue weighted by atomic mass is 16.5.